The number of piperidine rings is 1. The first-order valence-electron chi connectivity index (χ1n) is 25.6. The van der Waals surface area contributed by atoms with Gasteiger partial charge in [-0.25, -0.2) is 13.7 Å². The first-order chi connectivity index (χ1) is 37.6. The fraction of sp³-hybridized carbons (Fsp3) is 0.411. The second kappa shape index (κ2) is 27.0. The maximum absolute atomic E-state index is 14.9. The summed E-state index contributed by atoms with van der Waals surface area (Å²) in [7, 11) is 5.38. The number of fused-ring (bicyclic) bond motifs is 2. The van der Waals surface area contributed by atoms with E-state index in [4.69, 9.17) is 33.9 Å². The molecule has 4 aromatic carbocycles. The number of carbonyl (C=O) groups is 1. The topological polar surface area (TPSA) is 181 Å². The van der Waals surface area contributed by atoms with Crippen molar-refractivity contribution in [2.24, 2.45) is 0 Å². The number of nitrogens with one attached hydrogen (secondary N) is 3. The molecule has 0 aliphatic carbocycles. The van der Waals surface area contributed by atoms with E-state index in [2.05, 4.69) is 37.9 Å². The molecule has 8 rings (SSSR count). The van der Waals surface area contributed by atoms with Crippen molar-refractivity contribution in [3.05, 3.63) is 108 Å². The number of anilines is 3. The lowest BCUT2D eigenvalue weighted by molar-refractivity contribution is -0.140. The van der Waals surface area contributed by atoms with Gasteiger partial charge in [0.05, 0.1) is 99.5 Å². The van der Waals surface area contributed by atoms with Crippen LogP contribution in [0.5, 0.6) is 11.5 Å². The number of nitrogens with two attached hydrogens (primary N) is 1. The SMILES string of the molecule is COc1cc(SN(C)CCOCCOCCOCCNC(=O)COc2cccc(Cn3cnc4c(N)cc(-c5c(C)noc5C)cc43)c2)ccc1NCC#Cc1cc2c(NC3CCN(C)CC3F)cccc2n1CC(F)(F)F. The summed E-state index contributed by atoms with van der Waals surface area (Å²) in [6, 6.07) is 23.4. The van der Waals surface area contributed by atoms with Gasteiger partial charge in [-0.1, -0.05) is 29.3 Å². The van der Waals surface area contributed by atoms with Crippen molar-refractivity contribution in [3.63, 3.8) is 0 Å². The van der Waals surface area contributed by atoms with Crippen molar-refractivity contribution in [3.8, 4) is 34.5 Å². The summed E-state index contributed by atoms with van der Waals surface area (Å²) < 4.78 is 95.3. The highest BCUT2D eigenvalue weighted by molar-refractivity contribution is 7.97. The largest absolute Gasteiger partial charge is 0.495 e. The zero-order valence-corrected chi connectivity index (χ0v) is 45.2. The molecule has 1 saturated heterocycles. The quantitative estimate of drug-likeness (QED) is 0.0133. The van der Waals surface area contributed by atoms with E-state index in [1.165, 1.54) is 11.9 Å². The van der Waals surface area contributed by atoms with Crippen LogP contribution < -0.4 is 31.2 Å². The predicted octanol–water partition coefficient (Wildman–Crippen LogP) is 8.57. The molecule has 1 amide bonds. The fourth-order valence-electron chi connectivity index (χ4n) is 9.14. The van der Waals surface area contributed by atoms with E-state index in [0.29, 0.717) is 116 Å². The number of aryl methyl sites for hydroxylation is 2. The molecule has 1 fully saturated rings. The summed E-state index contributed by atoms with van der Waals surface area (Å²) in [5.74, 6) is 7.50. The standard InChI is InChI=1S/C56H66F4N10O7S/c1-37-54(38(2)77-66-37)40-28-46(61)55-51(29-40)69(36-64-55)32-39-9-6-11-42(27-39)76-34-53(71)63-18-21-73-23-25-75-26-24-74-22-20-68(4)78-43-14-15-49(52(31-43)72-5)62-17-8-10-41-30-44-47(65-48-16-19-67(3)33-45(48)57)12-7-13-50(44)70(41)35-56(58,59)60/h6-7,9,11-15,27-31,36,45,48,62,65H,16-26,32-35,61H2,1-5H3,(H,63,71). The molecule has 0 radical (unpaired) electrons. The molecular weight excluding hydrogens is 1030 g/mol. The van der Waals surface area contributed by atoms with Gasteiger partial charge in [0.15, 0.2) is 6.61 Å². The van der Waals surface area contributed by atoms with Gasteiger partial charge in [-0.3, -0.25) is 4.79 Å². The van der Waals surface area contributed by atoms with Crippen molar-refractivity contribution in [2.75, 3.05) is 117 Å². The number of nitrogens with zero attached hydrogens (tertiary/aromatic N) is 6. The molecule has 7 aromatic rings. The van der Waals surface area contributed by atoms with E-state index in [-0.39, 0.29) is 31.3 Å². The maximum atomic E-state index is 14.9. The smallest absolute Gasteiger partial charge is 0.406 e. The summed E-state index contributed by atoms with van der Waals surface area (Å²) in [5.41, 5.74) is 13.9. The van der Waals surface area contributed by atoms with Gasteiger partial charge in [0.1, 0.15) is 35.5 Å². The fourth-order valence-corrected chi connectivity index (χ4v) is 9.95. The number of methoxy groups -OCH3 is 1. The Balaban J connectivity index is 0.678. The van der Waals surface area contributed by atoms with Crippen LogP contribution in [0.3, 0.4) is 0 Å². The zero-order valence-electron chi connectivity index (χ0n) is 44.4. The third-order valence-electron chi connectivity index (χ3n) is 12.9. The maximum Gasteiger partial charge on any atom is 0.406 e. The Labute approximate surface area is 455 Å². The van der Waals surface area contributed by atoms with Crippen LogP contribution in [0.25, 0.3) is 33.1 Å². The molecule has 4 heterocycles. The molecule has 3 aromatic heterocycles. The summed E-state index contributed by atoms with van der Waals surface area (Å²) in [4.78, 5) is 19.9. The highest BCUT2D eigenvalue weighted by atomic mass is 32.2. The van der Waals surface area contributed by atoms with Crippen molar-refractivity contribution in [2.45, 2.75) is 56.6 Å². The number of benzene rings is 4. The minimum atomic E-state index is -4.48. The van der Waals surface area contributed by atoms with Crippen LogP contribution in [0.2, 0.25) is 0 Å². The third kappa shape index (κ3) is 15.6. The second-order valence-corrected chi connectivity index (χ2v) is 20.2. The molecule has 0 spiro atoms. The second-order valence-electron chi connectivity index (χ2n) is 18.9. The van der Waals surface area contributed by atoms with Gasteiger partial charge >= 0.3 is 6.18 Å². The zero-order chi connectivity index (χ0) is 55.2. The average molecular weight is 1100 g/mol. The number of halogens is 4. The molecule has 416 valence electrons. The molecule has 2 atom stereocenters. The Kier molecular flexibility index (Phi) is 19.8. The van der Waals surface area contributed by atoms with E-state index < -0.39 is 24.9 Å². The molecule has 0 saturated carbocycles. The number of nitrogen functional groups attached to an aromatic ring is 1. The first-order valence-corrected chi connectivity index (χ1v) is 26.4. The molecule has 17 nitrogen and oxygen atoms in total. The van der Waals surface area contributed by atoms with Crippen molar-refractivity contribution in [1.82, 2.24) is 33.8 Å². The molecule has 1 aliphatic heterocycles. The van der Waals surface area contributed by atoms with Crippen LogP contribution in [-0.2, 0) is 32.1 Å². The lowest BCUT2D eigenvalue weighted by Crippen LogP contribution is -2.46. The van der Waals surface area contributed by atoms with Crippen LogP contribution in [0.4, 0.5) is 34.6 Å². The molecule has 2 unspecified atom stereocenters. The number of likely N-dealkylation sites (N-methyl/N-ethyl adjacent to an activating group) is 1. The first kappa shape index (κ1) is 57.2. The van der Waals surface area contributed by atoms with Gasteiger partial charge < -0.3 is 63.9 Å². The van der Waals surface area contributed by atoms with Crippen LogP contribution in [0.15, 0.2) is 94.6 Å². The number of alkyl halides is 4. The van der Waals surface area contributed by atoms with E-state index in [0.717, 1.165) is 43.9 Å². The van der Waals surface area contributed by atoms with Crippen molar-refractivity contribution >= 4 is 56.9 Å². The van der Waals surface area contributed by atoms with Gasteiger partial charge in [-0.15, -0.1) is 0 Å². The normalized spacial score (nSPS) is 14.9. The molecule has 5 N–H and O–H groups in total. The van der Waals surface area contributed by atoms with Crippen molar-refractivity contribution in [1.29, 1.82) is 0 Å². The summed E-state index contributed by atoms with van der Waals surface area (Å²) in [5, 5.41) is 13.9. The highest BCUT2D eigenvalue weighted by Gasteiger charge is 2.31. The number of ether oxygens (including phenoxy) is 5. The monoisotopic (exact) mass is 1100 g/mol. The van der Waals surface area contributed by atoms with E-state index in [9.17, 15) is 22.4 Å². The van der Waals surface area contributed by atoms with Gasteiger partial charge in [0.2, 0.25) is 0 Å². The Hall–Kier alpha value is -7.00. The minimum Gasteiger partial charge on any atom is -0.495 e. The van der Waals surface area contributed by atoms with Crippen LogP contribution in [0.1, 0.15) is 29.1 Å². The van der Waals surface area contributed by atoms with Gasteiger partial charge in [0.25, 0.3) is 5.91 Å². The predicted molar refractivity (Wildman–Crippen MR) is 295 cm³/mol. The summed E-state index contributed by atoms with van der Waals surface area (Å²) >= 11 is 1.52. The van der Waals surface area contributed by atoms with E-state index in [1.54, 1.807) is 43.8 Å². The number of hydrogen-bond acceptors (Lipinski definition) is 15. The van der Waals surface area contributed by atoms with Crippen molar-refractivity contribution < 1.29 is 50.6 Å². The molecule has 22 heteroatoms. The summed E-state index contributed by atoms with van der Waals surface area (Å²) in [6.45, 7) is 7.41. The van der Waals surface area contributed by atoms with Crippen LogP contribution in [-0.4, -0.2) is 153 Å². The number of imidazole rings is 1. The Morgan fingerprint density at radius 2 is 1.74 bits per heavy atom. The van der Waals surface area contributed by atoms with Crippen LogP contribution >= 0.6 is 11.9 Å². The van der Waals surface area contributed by atoms with Gasteiger partial charge in [0, 0.05) is 54.3 Å². The van der Waals surface area contributed by atoms with Gasteiger partial charge in [-0.2, -0.15) is 13.2 Å². The van der Waals surface area contributed by atoms with Crippen LogP contribution in [0, 0.1) is 25.7 Å². The number of carbonyl (C=O) groups excluding carboxylic acids is 1. The van der Waals surface area contributed by atoms with Gasteiger partial charge in [-0.05, 0) is 124 Å². The Morgan fingerprint density at radius 1 is 0.962 bits per heavy atom. The Morgan fingerprint density at radius 3 is 2.50 bits per heavy atom. The third-order valence-corrected chi connectivity index (χ3v) is 13.9. The minimum absolute atomic E-state index is 0.142. The number of likely N-dealkylation sites (tertiary alicyclic amines) is 1. The number of rotatable bonds is 26. The number of hydrogen-bond donors (Lipinski definition) is 4. The summed E-state index contributed by atoms with van der Waals surface area (Å²) in [6.07, 6.45) is -3.25. The molecule has 78 heavy (non-hydrogen) atoms. The lowest BCUT2D eigenvalue weighted by Gasteiger charge is -2.33. The lowest BCUT2D eigenvalue weighted by atomic mass is 10.0. The molecule has 1 aliphatic rings. The van der Waals surface area contributed by atoms with E-state index in [1.807, 2.05) is 90.2 Å². The Bertz CT molecular complexity index is 3170. The number of amides is 1. The van der Waals surface area contributed by atoms with E-state index >= 15 is 0 Å². The average Bonchev–Trinajstić information content (AvgIpc) is 4.15. The highest BCUT2D eigenvalue weighted by Crippen LogP contribution is 2.35. The molecular formula is C56H66F4N10O7S. The molecule has 0 bridgehead atoms. The number of aromatic nitrogens is 4.